The summed E-state index contributed by atoms with van der Waals surface area (Å²) in [6.07, 6.45) is 8.73. The van der Waals surface area contributed by atoms with Crippen LogP contribution < -0.4 is 5.32 Å². The maximum atomic E-state index is 13.0. The summed E-state index contributed by atoms with van der Waals surface area (Å²) < 4.78 is 1.96. The Hall–Kier alpha value is -2.96. The second kappa shape index (κ2) is 9.35. The molecule has 1 amide bonds. The Morgan fingerprint density at radius 3 is 2.68 bits per heavy atom. The van der Waals surface area contributed by atoms with E-state index >= 15 is 0 Å². The van der Waals surface area contributed by atoms with Gasteiger partial charge in [-0.15, -0.1) is 0 Å². The molecule has 2 aromatic carbocycles. The molecule has 1 atom stereocenters. The van der Waals surface area contributed by atoms with Gasteiger partial charge >= 0.3 is 0 Å². The number of amides is 1. The van der Waals surface area contributed by atoms with E-state index in [2.05, 4.69) is 56.7 Å². The van der Waals surface area contributed by atoms with E-state index in [9.17, 15) is 4.79 Å². The number of hydrogen-bond donors (Lipinski definition) is 1. The predicted molar refractivity (Wildman–Crippen MR) is 133 cm³/mol. The molecule has 3 aliphatic rings. The number of aromatic nitrogens is 2. The van der Waals surface area contributed by atoms with Gasteiger partial charge in [0, 0.05) is 43.0 Å². The number of likely N-dealkylation sites (tertiary alicyclic amines) is 1. The van der Waals surface area contributed by atoms with Crippen molar-refractivity contribution in [3.05, 3.63) is 83.2 Å². The molecular formula is C28H33N5O. The van der Waals surface area contributed by atoms with Crippen LogP contribution in [0.1, 0.15) is 58.6 Å². The van der Waals surface area contributed by atoms with E-state index in [-0.39, 0.29) is 5.91 Å². The van der Waals surface area contributed by atoms with Crippen LogP contribution in [0.4, 0.5) is 0 Å². The molecule has 6 rings (SSSR count). The molecular weight excluding hydrogens is 422 g/mol. The maximum Gasteiger partial charge on any atom is 0.254 e. The van der Waals surface area contributed by atoms with E-state index in [1.54, 1.807) is 0 Å². The Balaban J connectivity index is 1.06. The van der Waals surface area contributed by atoms with Gasteiger partial charge in [-0.2, -0.15) is 5.10 Å². The van der Waals surface area contributed by atoms with E-state index in [1.807, 2.05) is 29.1 Å². The second-order valence-corrected chi connectivity index (χ2v) is 10.0. The number of hydrogen-bond acceptors (Lipinski definition) is 4. The summed E-state index contributed by atoms with van der Waals surface area (Å²) in [5.74, 6) is 0.801. The molecule has 0 spiro atoms. The lowest BCUT2D eigenvalue weighted by atomic mass is 9.88. The van der Waals surface area contributed by atoms with Crippen LogP contribution >= 0.6 is 0 Å². The Bertz CT molecular complexity index is 1140. The van der Waals surface area contributed by atoms with Gasteiger partial charge in [0.15, 0.2) is 0 Å². The lowest BCUT2D eigenvalue weighted by Crippen LogP contribution is -2.46. The molecule has 1 unspecified atom stereocenters. The van der Waals surface area contributed by atoms with Crippen LogP contribution in [0.3, 0.4) is 0 Å². The van der Waals surface area contributed by atoms with E-state index in [1.165, 1.54) is 16.7 Å². The number of fused-ring (bicyclic) bond motifs is 1. The minimum Gasteiger partial charge on any atom is -0.330 e. The van der Waals surface area contributed by atoms with Crippen LogP contribution in [0.25, 0.3) is 5.69 Å². The average Bonchev–Trinajstić information content (AvgIpc) is 3.50. The van der Waals surface area contributed by atoms with Crippen molar-refractivity contribution in [1.82, 2.24) is 24.9 Å². The lowest BCUT2D eigenvalue weighted by molar-refractivity contribution is 0.0674. The van der Waals surface area contributed by atoms with Crippen LogP contribution in [-0.2, 0) is 13.1 Å². The molecule has 176 valence electrons. The molecule has 2 fully saturated rings. The first-order valence-electron chi connectivity index (χ1n) is 12.7. The monoisotopic (exact) mass is 455 g/mol. The zero-order valence-corrected chi connectivity index (χ0v) is 19.7. The third kappa shape index (κ3) is 4.28. The smallest absolute Gasteiger partial charge is 0.254 e. The normalized spacial score (nSPS) is 21.7. The number of carbonyl (C=O) groups excluding carboxylic acids is 1. The molecule has 1 aromatic heterocycles. The first-order chi connectivity index (χ1) is 16.7. The molecule has 3 aromatic rings. The zero-order chi connectivity index (χ0) is 22.9. The highest BCUT2D eigenvalue weighted by Gasteiger charge is 2.34. The van der Waals surface area contributed by atoms with Crippen molar-refractivity contribution < 1.29 is 4.79 Å². The number of rotatable bonds is 5. The minimum atomic E-state index is 0.223. The van der Waals surface area contributed by atoms with Gasteiger partial charge in [0.1, 0.15) is 0 Å². The van der Waals surface area contributed by atoms with Gasteiger partial charge in [-0.25, -0.2) is 4.68 Å². The Kier molecular flexibility index (Phi) is 5.93. The van der Waals surface area contributed by atoms with E-state index in [0.717, 1.165) is 76.2 Å². The molecule has 6 heteroatoms. The summed E-state index contributed by atoms with van der Waals surface area (Å²) in [5, 5.41) is 8.00. The fourth-order valence-electron chi connectivity index (χ4n) is 5.86. The second-order valence-electron chi connectivity index (χ2n) is 10.0. The summed E-state index contributed by atoms with van der Waals surface area (Å²) in [6.45, 7) is 5.91. The lowest BCUT2D eigenvalue weighted by Gasteiger charge is -2.32. The van der Waals surface area contributed by atoms with E-state index in [0.29, 0.717) is 12.0 Å². The number of carbonyl (C=O) groups is 1. The summed E-state index contributed by atoms with van der Waals surface area (Å²) >= 11 is 0. The topological polar surface area (TPSA) is 53.4 Å². The fourth-order valence-corrected chi connectivity index (χ4v) is 5.86. The van der Waals surface area contributed by atoms with Crippen molar-refractivity contribution in [2.45, 2.75) is 50.7 Å². The third-order valence-electron chi connectivity index (χ3n) is 7.79. The van der Waals surface area contributed by atoms with Crippen LogP contribution in [0.2, 0.25) is 0 Å². The van der Waals surface area contributed by atoms with E-state index in [4.69, 9.17) is 0 Å². The average molecular weight is 456 g/mol. The van der Waals surface area contributed by atoms with Crippen molar-refractivity contribution in [1.29, 1.82) is 0 Å². The molecule has 0 aliphatic carbocycles. The standard InChI is InChI=1S/C28H33N5O/c34-28-27-9-8-23(15-24(27)20-32(28)26-7-4-12-29-17-26)22-10-13-31(14-11-22)18-21-16-30-33(19-21)25-5-2-1-3-6-25/h1-3,5-6,8-9,15-16,19,22,26,29H,4,7,10-14,17-18,20H2. The van der Waals surface area contributed by atoms with Gasteiger partial charge in [0.05, 0.1) is 11.9 Å². The van der Waals surface area contributed by atoms with Crippen molar-refractivity contribution >= 4 is 5.91 Å². The Morgan fingerprint density at radius 2 is 1.88 bits per heavy atom. The first-order valence-corrected chi connectivity index (χ1v) is 12.7. The maximum absolute atomic E-state index is 13.0. The first kappa shape index (κ1) is 21.6. The molecule has 6 nitrogen and oxygen atoms in total. The number of piperidine rings is 2. The predicted octanol–water partition coefficient (Wildman–Crippen LogP) is 3.96. The number of nitrogens with zero attached hydrogens (tertiary/aromatic N) is 4. The van der Waals surface area contributed by atoms with Crippen LogP contribution in [0.5, 0.6) is 0 Å². The van der Waals surface area contributed by atoms with Crippen LogP contribution in [0.15, 0.2) is 60.9 Å². The van der Waals surface area contributed by atoms with Crippen molar-refractivity contribution in [2.24, 2.45) is 0 Å². The summed E-state index contributed by atoms with van der Waals surface area (Å²) in [5.41, 5.74) is 5.91. The minimum absolute atomic E-state index is 0.223. The molecule has 2 saturated heterocycles. The van der Waals surface area contributed by atoms with Crippen LogP contribution in [-0.4, -0.2) is 57.7 Å². The fraction of sp³-hybridized carbons (Fsp3) is 0.429. The third-order valence-corrected chi connectivity index (χ3v) is 7.79. The summed E-state index contributed by atoms with van der Waals surface area (Å²) in [7, 11) is 0. The van der Waals surface area contributed by atoms with Crippen LogP contribution in [0, 0.1) is 0 Å². The zero-order valence-electron chi connectivity index (χ0n) is 19.7. The number of para-hydroxylation sites is 1. The quantitative estimate of drug-likeness (QED) is 0.633. The molecule has 4 heterocycles. The van der Waals surface area contributed by atoms with Gasteiger partial charge in [0.2, 0.25) is 0 Å². The van der Waals surface area contributed by atoms with Crippen molar-refractivity contribution in [3.8, 4) is 5.69 Å². The summed E-state index contributed by atoms with van der Waals surface area (Å²) in [4.78, 5) is 17.6. The SMILES string of the molecule is O=C1c2ccc(C3CCN(Cc4cnn(-c5ccccc5)c4)CC3)cc2CN1C1CCCNC1. The molecule has 1 N–H and O–H groups in total. The largest absolute Gasteiger partial charge is 0.330 e. The number of nitrogens with one attached hydrogen (secondary N) is 1. The molecule has 0 saturated carbocycles. The molecule has 34 heavy (non-hydrogen) atoms. The Morgan fingerprint density at radius 1 is 1.03 bits per heavy atom. The van der Waals surface area contributed by atoms with Crippen molar-refractivity contribution in [2.75, 3.05) is 26.2 Å². The highest BCUT2D eigenvalue weighted by molar-refractivity contribution is 5.98. The number of benzene rings is 2. The van der Waals surface area contributed by atoms with E-state index < -0.39 is 0 Å². The summed E-state index contributed by atoms with van der Waals surface area (Å²) in [6, 6.07) is 17.2. The van der Waals surface area contributed by atoms with Gasteiger partial charge < -0.3 is 10.2 Å². The molecule has 0 bridgehead atoms. The molecule has 3 aliphatic heterocycles. The van der Waals surface area contributed by atoms with Gasteiger partial charge in [-0.1, -0.05) is 30.3 Å². The highest BCUT2D eigenvalue weighted by Crippen LogP contribution is 2.33. The highest BCUT2D eigenvalue weighted by atomic mass is 16.2. The van der Waals surface area contributed by atoms with Gasteiger partial charge in [0.25, 0.3) is 5.91 Å². The van der Waals surface area contributed by atoms with Crippen molar-refractivity contribution in [3.63, 3.8) is 0 Å². The molecule has 0 radical (unpaired) electrons. The van der Waals surface area contributed by atoms with Gasteiger partial charge in [-0.3, -0.25) is 9.69 Å². The Labute approximate surface area is 201 Å². The van der Waals surface area contributed by atoms with Gasteiger partial charge in [-0.05, 0) is 80.6 Å².